The predicted molar refractivity (Wildman–Crippen MR) is 148 cm³/mol. The molecule has 2 aromatic heterocycles. The van der Waals surface area contributed by atoms with Crippen LogP contribution in [-0.4, -0.2) is 71.9 Å². The van der Waals surface area contributed by atoms with Crippen LogP contribution in [0.5, 0.6) is 0 Å². The first kappa shape index (κ1) is 29.5. The lowest BCUT2D eigenvalue weighted by Gasteiger charge is -2.20. The Balaban J connectivity index is 1.39. The van der Waals surface area contributed by atoms with Gasteiger partial charge in [0.1, 0.15) is 22.1 Å². The summed E-state index contributed by atoms with van der Waals surface area (Å²) in [5.41, 5.74) is 5.50. The van der Waals surface area contributed by atoms with Gasteiger partial charge >= 0.3 is 6.18 Å². The first-order valence-electron chi connectivity index (χ1n) is 12.4. The number of amides is 1. The van der Waals surface area contributed by atoms with Crippen LogP contribution in [0.2, 0.25) is 5.02 Å². The number of carbonyl (C=O) groups is 1. The number of benzene rings is 2. The fraction of sp³-hybridized carbons (Fsp3) is 0.269. The van der Waals surface area contributed by atoms with Crippen molar-refractivity contribution >= 4 is 44.7 Å². The summed E-state index contributed by atoms with van der Waals surface area (Å²) in [7, 11) is -0.561. The van der Waals surface area contributed by atoms with E-state index in [4.69, 9.17) is 17.3 Å². The predicted octanol–water partition coefficient (Wildman–Crippen LogP) is 4.37. The molecule has 0 spiro atoms. The Morgan fingerprint density at radius 3 is 2.50 bits per heavy atom. The van der Waals surface area contributed by atoms with E-state index >= 15 is 4.39 Å². The van der Waals surface area contributed by atoms with Crippen molar-refractivity contribution in [3.8, 4) is 11.1 Å². The lowest BCUT2D eigenvalue weighted by atomic mass is 10.1. The summed E-state index contributed by atoms with van der Waals surface area (Å²) in [6.07, 6.45) is -1.23. The minimum atomic E-state index is -4.71. The molecule has 222 valence electrons. The fourth-order valence-electron chi connectivity index (χ4n) is 4.73. The molecular formula is C26H24ClF4N7O3S. The maximum absolute atomic E-state index is 15.2. The Kier molecular flexibility index (Phi) is 7.53. The Hall–Kier alpha value is -3.95. The normalized spacial score (nSPS) is 16.0. The van der Waals surface area contributed by atoms with Crippen LogP contribution in [0.4, 0.5) is 29.1 Å². The maximum Gasteiger partial charge on any atom is 0.416 e. The highest BCUT2D eigenvalue weighted by Crippen LogP contribution is 2.35. The van der Waals surface area contributed by atoms with Gasteiger partial charge in [-0.2, -0.15) is 22.8 Å². The van der Waals surface area contributed by atoms with Gasteiger partial charge in [-0.25, -0.2) is 17.8 Å². The Bertz CT molecular complexity index is 1810. The van der Waals surface area contributed by atoms with E-state index in [1.165, 1.54) is 29.0 Å². The van der Waals surface area contributed by atoms with Crippen molar-refractivity contribution < 1.29 is 30.8 Å². The Labute approximate surface area is 242 Å². The number of hydrogen-bond acceptors (Lipinski definition) is 7. The number of hydrogen-bond donors (Lipinski definition) is 2. The number of nitrogens with two attached hydrogens (primary N) is 1. The summed E-state index contributed by atoms with van der Waals surface area (Å²) in [5, 5.41) is 3.53. The molecule has 0 aliphatic carbocycles. The summed E-state index contributed by atoms with van der Waals surface area (Å²) in [6, 6.07) is 5.39. The monoisotopic (exact) mass is 625 g/mol. The molecule has 4 aromatic rings. The number of fused-ring (bicyclic) bond motifs is 1. The number of halogens is 5. The lowest BCUT2D eigenvalue weighted by Crippen LogP contribution is -2.34. The molecule has 1 fully saturated rings. The largest absolute Gasteiger partial charge is 0.416 e. The number of aromatic nitrogens is 3. The average molecular weight is 626 g/mol. The van der Waals surface area contributed by atoms with E-state index in [9.17, 15) is 26.4 Å². The van der Waals surface area contributed by atoms with E-state index in [1.54, 1.807) is 4.90 Å². The van der Waals surface area contributed by atoms with Crippen molar-refractivity contribution in [3.63, 3.8) is 0 Å². The number of alkyl halides is 3. The van der Waals surface area contributed by atoms with Crippen molar-refractivity contribution in [2.75, 3.05) is 37.6 Å². The summed E-state index contributed by atoms with van der Waals surface area (Å²) in [4.78, 5) is 20.6. The third kappa shape index (κ3) is 5.46. The van der Waals surface area contributed by atoms with Gasteiger partial charge in [-0.1, -0.05) is 11.6 Å². The van der Waals surface area contributed by atoms with Crippen molar-refractivity contribution in [2.45, 2.75) is 23.5 Å². The van der Waals surface area contributed by atoms with E-state index in [1.807, 2.05) is 14.1 Å². The second kappa shape index (κ2) is 10.7. The molecule has 10 nitrogen and oxygen atoms in total. The van der Waals surface area contributed by atoms with Crippen LogP contribution < -0.4 is 10.5 Å². The van der Waals surface area contributed by atoms with Gasteiger partial charge in [0, 0.05) is 36.5 Å². The zero-order valence-electron chi connectivity index (χ0n) is 22.2. The smallest absolute Gasteiger partial charge is 0.383 e. The van der Waals surface area contributed by atoms with Crippen LogP contribution in [0.3, 0.4) is 0 Å². The summed E-state index contributed by atoms with van der Waals surface area (Å²) in [5.74, 6) is -1.13. The average Bonchev–Trinajstić information content (AvgIpc) is 3.57. The molecule has 1 saturated heterocycles. The molecule has 1 atom stereocenters. The fourth-order valence-corrected chi connectivity index (χ4v) is 6.32. The van der Waals surface area contributed by atoms with Crippen LogP contribution in [0, 0.1) is 5.82 Å². The molecule has 0 bridgehead atoms. The summed E-state index contributed by atoms with van der Waals surface area (Å²) in [6.45, 7) is 1.14. The van der Waals surface area contributed by atoms with Crippen LogP contribution in [0.25, 0.3) is 16.8 Å². The Morgan fingerprint density at radius 2 is 1.88 bits per heavy atom. The van der Waals surface area contributed by atoms with Crippen LogP contribution in [0.1, 0.15) is 22.3 Å². The van der Waals surface area contributed by atoms with Gasteiger partial charge in [-0.05, 0) is 56.9 Å². The maximum atomic E-state index is 15.2. The number of likely N-dealkylation sites (N-methyl/N-ethyl adjacent to an activating group) is 1. The molecule has 3 heterocycles. The molecule has 1 aliphatic heterocycles. The van der Waals surface area contributed by atoms with E-state index in [0.717, 1.165) is 12.5 Å². The molecule has 16 heteroatoms. The molecule has 2 aromatic carbocycles. The van der Waals surface area contributed by atoms with Crippen LogP contribution in [-0.2, 0) is 16.2 Å². The number of nitrogen functional groups attached to an aromatic ring is 1. The Morgan fingerprint density at radius 1 is 1.14 bits per heavy atom. The lowest BCUT2D eigenvalue weighted by molar-refractivity contribution is -0.137. The molecule has 42 heavy (non-hydrogen) atoms. The minimum absolute atomic E-state index is 0.00425. The highest BCUT2D eigenvalue weighted by Gasteiger charge is 2.33. The zero-order chi connectivity index (χ0) is 30.6. The molecule has 1 unspecified atom stereocenters. The number of carbonyl (C=O) groups excluding carboxylic acids is 1. The standard InChI is InChI=1S/C26H24ClF4N7O3S/c1-36(2)16-7-8-37(13-16)25(39)19-12-34-38-23(32)18(11-33-24(19)38)17-5-4-15(10-21(17)28)35-42(40,41)22-6-3-14(9-20(22)27)26(29,30)31/h3-6,9-12,16,35H,7-8,13,32H2,1-2H3. The number of sulfonamides is 1. The van der Waals surface area contributed by atoms with Crippen molar-refractivity contribution in [3.05, 3.63) is 70.8 Å². The number of rotatable bonds is 6. The molecule has 0 saturated carbocycles. The highest BCUT2D eigenvalue weighted by atomic mass is 35.5. The van der Waals surface area contributed by atoms with E-state index < -0.39 is 37.5 Å². The quantitative estimate of drug-likeness (QED) is 0.305. The first-order valence-corrected chi connectivity index (χ1v) is 14.3. The van der Waals surface area contributed by atoms with Gasteiger partial charge in [-0.15, -0.1) is 0 Å². The zero-order valence-corrected chi connectivity index (χ0v) is 23.7. The SMILES string of the molecule is CN(C)C1CCN(C(=O)c2cnn3c(N)c(-c4ccc(NS(=O)(=O)c5ccc(C(F)(F)F)cc5Cl)cc4F)cnc23)C1. The molecular weight excluding hydrogens is 602 g/mol. The van der Waals surface area contributed by atoms with Gasteiger partial charge in [0.15, 0.2) is 5.65 Å². The molecule has 1 amide bonds. The van der Waals surface area contributed by atoms with Crippen molar-refractivity contribution in [1.82, 2.24) is 24.4 Å². The topological polar surface area (TPSA) is 126 Å². The second-order valence-corrected chi connectivity index (χ2v) is 12.0. The summed E-state index contributed by atoms with van der Waals surface area (Å²) < 4.78 is 82.9. The van der Waals surface area contributed by atoms with Crippen molar-refractivity contribution in [2.24, 2.45) is 0 Å². The number of nitrogens with zero attached hydrogens (tertiary/aromatic N) is 5. The van der Waals surface area contributed by atoms with Gasteiger partial charge in [0.05, 0.1) is 22.5 Å². The highest BCUT2D eigenvalue weighted by molar-refractivity contribution is 7.92. The van der Waals surface area contributed by atoms with Crippen LogP contribution in [0.15, 0.2) is 53.7 Å². The molecule has 5 rings (SSSR count). The van der Waals surface area contributed by atoms with E-state index in [0.29, 0.717) is 31.3 Å². The number of likely N-dealkylation sites (tertiary alicyclic amines) is 1. The first-order chi connectivity index (χ1) is 19.7. The van der Waals surface area contributed by atoms with Gasteiger partial charge < -0.3 is 15.5 Å². The van der Waals surface area contributed by atoms with Crippen molar-refractivity contribution in [1.29, 1.82) is 0 Å². The van der Waals surface area contributed by atoms with Crippen LogP contribution >= 0.6 is 11.6 Å². The van der Waals surface area contributed by atoms with E-state index in [-0.39, 0.29) is 45.8 Å². The van der Waals surface area contributed by atoms with E-state index in [2.05, 4.69) is 19.7 Å². The molecule has 3 N–H and O–H groups in total. The third-order valence-electron chi connectivity index (χ3n) is 7.04. The number of nitrogens with one attached hydrogen (secondary N) is 1. The van der Waals surface area contributed by atoms with Gasteiger partial charge in [-0.3, -0.25) is 9.52 Å². The van der Waals surface area contributed by atoms with Gasteiger partial charge in [0.2, 0.25) is 0 Å². The minimum Gasteiger partial charge on any atom is -0.383 e. The molecule has 1 aliphatic rings. The third-order valence-corrected chi connectivity index (χ3v) is 8.90. The van der Waals surface area contributed by atoms with Gasteiger partial charge in [0.25, 0.3) is 15.9 Å². The summed E-state index contributed by atoms with van der Waals surface area (Å²) >= 11 is 5.82. The second-order valence-electron chi connectivity index (χ2n) is 9.95. The number of anilines is 2. The molecule has 0 radical (unpaired) electrons.